The van der Waals surface area contributed by atoms with E-state index in [0.29, 0.717) is 72.5 Å². The molecule has 1 saturated carbocycles. The summed E-state index contributed by atoms with van der Waals surface area (Å²) >= 11 is 0. The number of benzene rings is 2. The number of esters is 1. The van der Waals surface area contributed by atoms with Gasteiger partial charge < -0.3 is 19.3 Å². The smallest absolute Gasteiger partial charge is 0.344 e. The van der Waals surface area contributed by atoms with E-state index in [1.807, 2.05) is 11.0 Å². The van der Waals surface area contributed by atoms with Crippen LogP contribution in [0.3, 0.4) is 0 Å². The highest BCUT2D eigenvalue weighted by atomic mass is 19.1. The van der Waals surface area contributed by atoms with Crippen molar-refractivity contribution in [2.24, 2.45) is 5.92 Å². The van der Waals surface area contributed by atoms with E-state index in [-0.39, 0.29) is 5.56 Å². The zero-order chi connectivity index (χ0) is 26.9. The molecule has 1 aromatic heterocycles. The number of carbonyl (C=O) groups excluding carboxylic acids is 2. The second-order valence-corrected chi connectivity index (χ2v) is 9.90. The first-order valence-electron chi connectivity index (χ1n) is 12.9. The lowest BCUT2D eigenvalue weighted by atomic mass is 10.0. The van der Waals surface area contributed by atoms with Crippen LogP contribution in [-0.2, 0) is 4.74 Å². The number of ether oxygens (including phenoxy) is 2. The van der Waals surface area contributed by atoms with Crippen LogP contribution in [0.25, 0.3) is 11.8 Å². The predicted molar refractivity (Wildman–Crippen MR) is 141 cm³/mol. The number of cyclic esters (lactones) is 1. The molecular formula is C30H25FN4O4. The molecule has 1 saturated heterocycles. The first-order chi connectivity index (χ1) is 19.0. The number of rotatable bonds is 6. The van der Waals surface area contributed by atoms with Crippen LogP contribution in [0.5, 0.6) is 5.75 Å². The quantitative estimate of drug-likeness (QED) is 0.438. The molecule has 0 radical (unpaired) electrons. The van der Waals surface area contributed by atoms with Gasteiger partial charge in [-0.3, -0.25) is 4.79 Å². The van der Waals surface area contributed by atoms with Crippen LogP contribution in [0.4, 0.5) is 10.2 Å². The maximum Gasteiger partial charge on any atom is 0.344 e. The molecule has 0 N–H and O–H groups in total. The number of hydrogen-bond donors (Lipinski definition) is 0. The fraction of sp³-hybridized carbons (Fsp3) is 0.267. The van der Waals surface area contributed by atoms with E-state index in [0.717, 1.165) is 5.82 Å². The number of halogens is 1. The maximum absolute atomic E-state index is 14.8. The fourth-order valence-corrected chi connectivity index (χ4v) is 4.71. The van der Waals surface area contributed by atoms with Gasteiger partial charge in [0.1, 0.15) is 29.2 Å². The summed E-state index contributed by atoms with van der Waals surface area (Å²) in [6, 6.07) is 15.1. The number of nitriles is 1. The van der Waals surface area contributed by atoms with E-state index in [1.165, 1.54) is 31.2 Å². The molecule has 8 nitrogen and oxygen atoms in total. The lowest BCUT2D eigenvalue weighted by Gasteiger charge is -2.35. The normalized spacial score (nSPS) is 17.5. The van der Waals surface area contributed by atoms with Gasteiger partial charge in [-0.2, -0.15) is 5.26 Å². The highest BCUT2D eigenvalue weighted by Crippen LogP contribution is 2.35. The molecule has 39 heavy (non-hydrogen) atoms. The highest BCUT2D eigenvalue weighted by Gasteiger charge is 2.29. The van der Waals surface area contributed by atoms with E-state index in [4.69, 9.17) is 14.7 Å². The second-order valence-electron chi connectivity index (χ2n) is 9.90. The standard InChI is InChI=1S/C30H25FN4O4/c31-26-7-3-20(14-27-24-15-22(38-18-19-1-2-19)5-6-23(24)30(37)39-27)13-25(26)29(36)35-11-9-34(10-12-35)28-8-4-21(16-32)17-33-28/h3-8,13-15,17,19H,1-2,9-12,18H2/b27-14-. The number of fused-ring (bicyclic) bond motifs is 1. The van der Waals surface area contributed by atoms with Crippen molar-refractivity contribution < 1.29 is 23.5 Å². The Balaban J connectivity index is 1.17. The second kappa shape index (κ2) is 10.2. The molecule has 0 atom stereocenters. The number of carbonyl (C=O) groups is 2. The van der Waals surface area contributed by atoms with E-state index in [9.17, 15) is 14.0 Å². The Bertz CT molecular complexity index is 1520. The first-order valence-corrected chi connectivity index (χ1v) is 12.9. The highest BCUT2D eigenvalue weighted by molar-refractivity contribution is 6.06. The summed E-state index contributed by atoms with van der Waals surface area (Å²) in [7, 11) is 0. The van der Waals surface area contributed by atoms with Gasteiger partial charge in [0.25, 0.3) is 5.91 Å². The monoisotopic (exact) mass is 524 g/mol. The molecule has 2 fully saturated rings. The molecule has 2 aromatic carbocycles. The minimum atomic E-state index is -0.613. The molecule has 1 amide bonds. The van der Waals surface area contributed by atoms with Gasteiger partial charge in [0.05, 0.1) is 23.3 Å². The molecule has 3 aliphatic rings. The molecule has 3 heterocycles. The summed E-state index contributed by atoms with van der Waals surface area (Å²) in [4.78, 5) is 33.6. The third kappa shape index (κ3) is 5.18. The molecule has 0 bridgehead atoms. The zero-order valence-corrected chi connectivity index (χ0v) is 21.1. The van der Waals surface area contributed by atoms with Gasteiger partial charge in [-0.1, -0.05) is 6.07 Å². The summed E-state index contributed by atoms with van der Waals surface area (Å²) < 4.78 is 26.1. The van der Waals surface area contributed by atoms with Crippen molar-refractivity contribution in [3.63, 3.8) is 0 Å². The number of nitrogens with zero attached hydrogens (tertiary/aromatic N) is 4. The summed E-state index contributed by atoms with van der Waals surface area (Å²) in [6.45, 7) is 2.52. The molecular weight excluding hydrogens is 499 g/mol. The van der Waals surface area contributed by atoms with Gasteiger partial charge in [-0.25, -0.2) is 14.2 Å². The molecule has 0 unspecified atom stereocenters. The van der Waals surface area contributed by atoms with Crippen molar-refractivity contribution in [1.29, 1.82) is 5.26 Å². The summed E-state index contributed by atoms with van der Waals surface area (Å²) in [6.07, 6.45) is 5.50. The molecule has 3 aromatic rings. The Morgan fingerprint density at radius 1 is 1.10 bits per heavy atom. The molecule has 9 heteroatoms. The predicted octanol–water partition coefficient (Wildman–Crippen LogP) is 4.51. The Hall–Kier alpha value is -4.71. The van der Waals surface area contributed by atoms with Crippen LogP contribution >= 0.6 is 0 Å². The third-order valence-electron chi connectivity index (χ3n) is 7.15. The average Bonchev–Trinajstić information content (AvgIpc) is 3.76. The fourth-order valence-electron chi connectivity index (χ4n) is 4.71. The minimum Gasteiger partial charge on any atom is -0.493 e. The van der Waals surface area contributed by atoms with Crippen LogP contribution in [0.1, 0.15) is 50.2 Å². The van der Waals surface area contributed by atoms with Crippen molar-refractivity contribution in [2.45, 2.75) is 12.8 Å². The number of anilines is 1. The lowest BCUT2D eigenvalue weighted by molar-refractivity contribution is 0.0714. The van der Waals surface area contributed by atoms with E-state index >= 15 is 0 Å². The van der Waals surface area contributed by atoms with Crippen molar-refractivity contribution >= 4 is 29.5 Å². The maximum atomic E-state index is 14.8. The van der Waals surface area contributed by atoms with E-state index in [2.05, 4.69) is 4.98 Å². The lowest BCUT2D eigenvalue weighted by Crippen LogP contribution is -2.49. The number of aromatic nitrogens is 1. The third-order valence-corrected chi connectivity index (χ3v) is 7.15. The molecule has 0 spiro atoms. The first kappa shape index (κ1) is 24.6. The SMILES string of the molecule is N#Cc1ccc(N2CCN(C(=O)c3cc(/C=C4\OC(=O)c5ccc(OCC6CC6)cc54)ccc3F)CC2)nc1. The van der Waals surface area contributed by atoms with Crippen LogP contribution in [0, 0.1) is 23.1 Å². The number of pyridine rings is 1. The van der Waals surface area contributed by atoms with Crippen molar-refractivity contribution in [3.05, 3.63) is 88.4 Å². The average molecular weight is 525 g/mol. The van der Waals surface area contributed by atoms with Crippen molar-refractivity contribution in [3.8, 4) is 11.8 Å². The van der Waals surface area contributed by atoms with Crippen LogP contribution in [-0.4, -0.2) is 54.5 Å². The van der Waals surface area contributed by atoms with Crippen LogP contribution in [0.15, 0.2) is 54.7 Å². The largest absolute Gasteiger partial charge is 0.493 e. The Kier molecular flexibility index (Phi) is 6.45. The van der Waals surface area contributed by atoms with Gasteiger partial charge in [-0.15, -0.1) is 0 Å². The van der Waals surface area contributed by atoms with Crippen LogP contribution < -0.4 is 9.64 Å². The Morgan fingerprint density at radius 3 is 2.64 bits per heavy atom. The topological polar surface area (TPSA) is 95.8 Å². The summed E-state index contributed by atoms with van der Waals surface area (Å²) in [5.74, 6) is 0.844. The summed E-state index contributed by atoms with van der Waals surface area (Å²) in [5.41, 5.74) is 2.03. The van der Waals surface area contributed by atoms with Gasteiger partial charge in [0, 0.05) is 37.9 Å². The number of amides is 1. The minimum absolute atomic E-state index is 0.0413. The molecule has 6 rings (SSSR count). The van der Waals surface area contributed by atoms with Crippen LogP contribution in [0.2, 0.25) is 0 Å². The molecule has 2 aliphatic heterocycles. The van der Waals surface area contributed by atoms with Crippen molar-refractivity contribution in [1.82, 2.24) is 9.88 Å². The van der Waals surface area contributed by atoms with Gasteiger partial charge in [-0.05, 0) is 72.9 Å². The molecule has 196 valence electrons. The molecule has 1 aliphatic carbocycles. The van der Waals surface area contributed by atoms with Crippen molar-refractivity contribution in [2.75, 3.05) is 37.7 Å². The zero-order valence-electron chi connectivity index (χ0n) is 21.1. The van der Waals surface area contributed by atoms with Gasteiger partial charge >= 0.3 is 5.97 Å². The number of hydrogen-bond acceptors (Lipinski definition) is 7. The Labute approximate surface area is 224 Å². The van der Waals surface area contributed by atoms with E-state index in [1.54, 1.807) is 47.4 Å². The van der Waals surface area contributed by atoms with Gasteiger partial charge in [0.2, 0.25) is 0 Å². The van der Waals surface area contributed by atoms with Gasteiger partial charge in [0.15, 0.2) is 0 Å². The van der Waals surface area contributed by atoms with E-state index < -0.39 is 17.7 Å². The Morgan fingerprint density at radius 2 is 1.92 bits per heavy atom. The summed E-state index contributed by atoms with van der Waals surface area (Å²) in [5, 5.41) is 8.96. The number of piperazine rings is 1.